The van der Waals surface area contributed by atoms with Crippen LogP contribution in [0.15, 0.2) is 59.5 Å². The summed E-state index contributed by atoms with van der Waals surface area (Å²) in [7, 11) is -1.94. The minimum Gasteiger partial charge on any atom is -0.352 e. The molecule has 0 radical (unpaired) electrons. The molecule has 0 fully saturated rings. The van der Waals surface area contributed by atoms with Crippen molar-refractivity contribution in [2.45, 2.75) is 43.8 Å². The van der Waals surface area contributed by atoms with E-state index in [-0.39, 0.29) is 41.7 Å². The number of nitrogens with two attached hydrogens (primary N) is 1. The summed E-state index contributed by atoms with van der Waals surface area (Å²) in [6, 6.07) is 15.5. The fraction of sp³-hybridized carbons (Fsp3) is 0.350. The van der Waals surface area contributed by atoms with Crippen molar-refractivity contribution in [3.8, 4) is 0 Å². The van der Waals surface area contributed by atoms with Gasteiger partial charge in [0.2, 0.25) is 15.9 Å². The smallest absolute Gasteiger partial charge is 0.243 e. The van der Waals surface area contributed by atoms with Gasteiger partial charge in [-0.1, -0.05) is 42.5 Å². The van der Waals surface area contributed by atoms with Gasteiger partial charge in [0.1, 0.15) is 0 Å². The van der Waals surface area contributed by atoms with Gasteiger partial charge in [-0.15, -0.1) is 12.4 Å². The van der Waals surface area contributed by atoms with Crippen molar-refractivity contribution in [2.24, 2.45) is 5.73 Å². The van der Waals surface area contributed by atoms with Crippen LogP contribution in [0.4, 0.5) is 0 Å². The number of carbonyl (C=O) groups excluding carboxylic acids is 1. The molecule has 0 spiro atoms. The minimum atomic E-state index is -3.50. The van der Waals surface area contributed by atoms with Crippen molar-refractivity contribution >= 4 is 28.3 Å². The number of hydrogen-bond donors (Lipinski definition) is 2. The van der Waals surface area contributed by atoms with E-state index in [1.165, 1.54) is 4.31 Å². The van der Waals surface area contributed by atoms with E-state index < -0.39 is 10.0 Å². The lowest BCUT2D eigenvalue weighted by Gasteiger charge is -2.21. The van der Waals surface area contributed by atoms with Crippen LogP contribution in [0.3, 0.4) is 0 Å². The van der Waals surface area contributed by atoms with Crippen LogP contribution in [0.5, 0.6) is 0 Å². The van der Waals surface area contributed by atoms with Crippen molar-refractivity contribution in [3.05, 3.63) is 65.7 Å². The first kappa shape index (κ1) is 24.1. The fourth-order valence-corrected chi connectivity index (χ4v) is 3.88. The van der Waals surface area contributed by atoms with E-state index in [0.717, 1.165) is 11.1 Å². The number of carbonyl (C=O) groups is 1. The first-order valence-electron chi connectivity index (χ1n) is 8.86. The standard InChI is InChI=1S/C20H27N3O3S.ClH/c1-15(2)23(3)27(25,26)18-11-9-16(10-12-18)14-22-20(24)13-19(21)17-7-5-4-6-8-17;/h4-12,15,19H,13-14,21H2,1-3H3,(H,22,24);1H. The highest BCUT2D eigenvalue weighted by molar-refractivity contribution is 7.89. The van der Waals surface area contributed by atoms with Gasteiger partial charge in [-0.3, -0.25) is 4.79 Å². The molecule has 2 rings (SSSR count). The largest absolute Gasteiger partial charge is 0.352 e. The van der Waals surface area contributed by atoms with E-state index in [9.17, 15) is 13.2 Å². The highest BCUT2D eigenvalue weighted by Crippen LogP contribution is 2.17. The van der Waals surface area contributed by atoms with Gasteiger partial charge in [-0.05, 0) is 37.1 Å². The Balaban J connectivity index is 0.00000392. The second-order valence-electron chi connectivity index (χ2n) is 6.76. The molecule has 6 nitrogen and oxygen atoms in total. The predicted molar refractivity (Wildman–Crippen MR) is 114 cm³/mol. The third-order valence-corrected chi connectivity index (χ3v) is 6.50. The molecule has 0 bridgehead atoms. The Hall–Kier alpha value is -1.93. The van der Waals surface area contributed by atoms with Gasteiger partial charge in [0.25, 0.3) is 0 Å². The zero-order chi connectivity index (χ0) is 20.0. The van der Waals surface area contributed by atoms with Crippen molar-refractivity contribution in [1.29, 1.82) is 0 Å². The topological polar surface area (TPSA) is 92.5 Å². The third-order valence-electron chi connectivity index (χ3n) is 4.45. The van der Waals surface area contributed by atoms with Gasteiger partial charge < -0.3 is 11.1 Å². The number of sulfonamides is 1. The summed E-state index contributed by atoms with van der Waals surface area (Å²) in [6.07, 6.45) is 0.190. The Morgan fingerprint density at radius 3 is 2.18 bits per heavy atom. The maximum Gasteiger partial charge on any atom is 0.243 e. The first-order valence-corrected chi connectivity index (χ1v) is 10.3. The highest BCUT2D eigenvalue weighted by Gasteiger charge is 2.22. The summed E-state index contributed by atoms with van der Waals surface area (Å²) in [5, 5.41) is 2.82. The summed E-state index contributed by atoms with van der Waals surface area (Å²) in [4.78, 5) is 12.3. The molecule has 0 aliphatic carbocycles. The third kappa shape index (κ3) is 6.31. The van der Waals surface area contributed by atoms with E-state index in [1.807, 2.05) is 44.2 Å². The normalized spacial score (nSPS) is 12.5. The molecule has 0 aliphatic rings. The molecular formula is C20H28ClN3O3S. The molecule has 0 aliphatic heterocycles. The second-order valence-corrected chi connectivity index (χ2v) is 8.75. The number of nitrogens with zero attached hydrogens (tertiary/aromatic N) is 1. The second kappa shape index (κ2) is 10.6. The van der Waals surface area contributed by atoms with Gasteiger partial charge >= 0.3 is 0 Å². The molecule has 0 aromatic heterocycles. The van der Waals surface area contributed by atoms with Crippen molar-refractivity contribution < 1.29 is 13.2 Å². The Bertz CT molecular complexity index is 856. The Morgan fingerprint density at radius 2 is 1.64 bits per heavy atom. The maximum atomic E-state index is 12.4. The minimum absolute atomic E-state index is 0. The monoisotopic (exact) mass is 425 g/mol. The number of rotatable bonds is 8. The molecule has 1 amide bonds. The van der Waals surface area contributed by atoms with E-state index in [2.05, 4.69) is 5.32 Å². The Labute approximate surface area is 173 Å². The molecule has 0 heterocycles. The number of hydrogen-bond acceptors (Lipinski definition) is 4. The summed E-state index contributed by atoms with van der Waals surface area (Å²) in [5.41, 5.74) is 7.79. The van der Waals surface area contributed by atoms with Crippen LogP contribution in [0, 0.1) is 0 Å². The molecular weight excluding hydrogens is 398 g/mol. The average molecular weight is 426 g/mol. The zero-order valence-corrected chi connectivity index (χ0v) is 18.0. The van der Waals surface area contributed by atoms with Crippen LogP contribution in [-0.2, 0) is 21.4 Å². The van der Waals surface area contributed by atoms with Crippen LogP contribution < -0.4 is 11.1 Å². The predicted octanol–water partition coefficient (Wildman–Crippen LogP) is 2.84. The molecule has 28 heavy (non-hydrogen) atoms. The molecule has 1 atom stereocenters. The molecule has 0 saturated carbocycles. The fourth-order valence-electron chi connectivity index (χ4n) is 2.51. The van der Waals surface area contributed by atoms with Crippen LogP contribution in [0.1, 0.15) is 37.4 Å². The molecule has 2 aromatic carbocycles. The number of amides is 1. The molecule has 3 N–H and O–H groups in total. The number of benzene rings is 2. The van der Waals surface area contributed by atoms with Gasteiger partial charge in [0.15, 0.2) is 0 Å². The van der Waals surface area contributed by atoms with E-state index in [0.29, 0.717) is 6.54 Å². The van der Waals surface area contributed by atoms with Gasteiger partial charge in [0.05, 0.1) is 4.90 Å². The molecule has 2 aromatic rings. The molecule has 0 saturated heterocycles. The van der Waals surface area contributed by atoms with Crippen molar-refractivity contribution in [2.75, 3.05) is 7.05 Å². The van der Waals surface area contributed by atoms with E-state index in [1.54, 1.807) is 31.3 Å². The SMILES string of the molecule is CC(C)N(C)S(=O)(=O)c1ccc(CNC(=O)CC(N)c2ccccc2)cc1.Cl. The summed E-state index contributed by atoms with van der Waals surface area (Å²) in [5.74, 6) is -0.150. The van der Waals surface area contributed by atoms with Gasteiger partial charge in [0, 0.05) is 32.1 Å². The lowest BCUT2D eigenvalue weighted by atomic mass is 10.0. The van der Waals surface area contributed by atoms with E-state index >= 15 is 0 Å². The first-order chi connectivity index (χ1) is 12.7. The average Bonchev–Trinajstić information content (AvgIpc) is 2.66. The summed E-state index contributed by atoms with van der Waals surface area (Å²) < 4.78 is 26.2. The van der Waals surface area contributed by atoms with E-state index in [4.69, 9.17) is 5.73 Å². The zero-order valence-electron chi connectivity index (χ0n) is 16.3. The lowest BCUT2D eigenvalue weighted by Crippen LogP contribution is -2.33. The van der Waals surface area contributed by atoms with Crippen LogP contribution in [-0.4, -0.2) is 31.7 Å². The Kier molecular flexibility index (Phi) is 9.10. The molecule has 154 valence electrons. The van der Waals surface area contributed by atoms with Gasteiger partial charge in [-0.2, -0.15) is 4.31 Å². The summed E-state index contributed by atoms with van der Waals surface area (Å²) in [6.45, 7) is 3.96. The number of nitrogens with one attached hydrogen (secondary N) is 1. The lowest BCUT2D eigenvalue weighted by molar-refractivity contribution is -0.121. The quantitative estimate of drug-likeness (QED) is 0.680. The van der Waals surface area contributed by atoms with Crippen molar-refractivity contribution in [1.82, 2.24) is 9.62 Å². The molecule has 8 heteroatoms. The summed E-state index contributed by atoms with van der Waals surface area (Å²) >= 11 is 0. The molecule has 1 unspecified atom stereocenters. The highest BCUT2D eigenvalue weighted by atomic mass is 35.5. The van der Waals surface area contributed by atoms with Gasteiger partial charge in [-0.25, -0.2) is 8.42 Å². The maximum absolute atomic E-state index is 12.4. The van der Waals surface area contributed by atoms with Crippen LogP contribution >= 0.6 is 12.4 Å². The van der Waals surface area contributed by atoms with Crippen LogP contribution in [0.25, 0.3) is 0 Å². The van der Waals surface area contributed by atoms with Crippen LogP contribution in [0.2, 0.25) is 0 Å². The van der Waals surface area contributed by atoms with Crippen molar-refractivity contribution in [3.63, 3.8) is 0 Å². The Morgan fingerprint density at radius 1 is 1.07 bits per heavy atom. The number of halogens is 1.